The first-order valence-electron chi connectivity index (χ1n) is 6.17. The van der Waals surface area contributed by atoms with Gasteiger partial charge in [0.25, 0.3) is 11.6 Å². The molecule has 0 aromatic carbocycles. The SMILES string of the molecule is Cc1sc(C(=O)NCC2(O)CCCC2)cc1[N+](=O)[O-]. The van der Waals surface area contributed by atoms with Crippen LogP contribution in [0.2, 0.25) is 0 Å². The summed E-state index contributed by atoms with van der Waals surface area (Å²) in [6, 6.07) is 1.29. The van der Waals surface area contributed by atoms with E-state index in [-0.39, 0.29) is 18.1 Å². The van der Waals surface area contributed by atoms with Crippen LogP contribution >= 0.6 is 11.3 Å². The van der Waals surface area contributed by atoms with E-state index >= 15 is 0 Å². The maximum Gasteiger partial charge on any atom is 0.283 e. The van der Waals surface area contributed by atoms with Crippen LogP contribution in [-0.2, 0) is 0 Å². The van der Waals surface area contributed by atoms with Gasteiger partial charge in [0.1, 0.15) is 0 Å². The number of aliphatic hydroxyl groups is 1. The number of hydrogen-bond acceptors (Lipinski definition) is 5. The molecule has 0 aliphatic heterocycles. The van der Waals surface area contributed by atoms with Crippen molar-refractivity contribution in [1.82, 2.24) is 5.32 Å². The lowest BCUT2D eigenvalue weighted by atomic mass is 10.0. The molecule has 0 saturated heterocycles. The van der Waals surface area contributed by atoms with E-state index in [1.807, 2.05) is 0 Å². The number of aryl methyl sites for hydroxylation is 1. The van der Waals surface area contributed by atoms with E-state index in [0.717, 1.165) is 24.2 Å². The maximum absolute atomic E-state index is 11.9. The third-order valence-electron chi connectivity index (χ3n) is 3.42. The van der Waals surface area contributed by atoms with Crippen molar-refractivity contribution >= 4 is 22.9 Å². The molecule has 1 fully saturated rings. The molecule has 1 aliphatic rings. The quantitative estimate of drug-likeness (QED) is 0.653. The average molecular weight is 284 g/mol. The number of thiophene rings is 1. The van der Waals surface area contributed by atoms with Crippen LogP contribution in [0.5, 0.6) is 0 Å². The van der Waals surface area contributed by atoms with Crippen LogP contribution < -0.4 is 5.32 Å². The molecular formula is C12H16N2O4S. The van der Waals surface area contributed by atoms with Gasteiger partial charge in [-0.1, -0.05) is 12.8 Å². The summed E-state index contributed by atoms with van der Waals surface area (Å²) >= 11 is 1.10. The van der Waals surface area contributed by atoms with E-state index in [9.17, 15) is 20.0 Å². The molecule has 1 amide bonds. The van der Waals surface area contributed by atoms with Gasteiger partial charge in [0.15, 0.2) is 0 Å². The lowest BCUT2D eigenvalue weighted by molar-refractivity contribution is -0.385. The molecule has 1 saturated carbocycles. The lowest BCUT2D eigenvalue weighted by Crippen LogP contribution is -2.40. The van der Waals surface area contributed by atoms with Crippen molar-refractivity contribution in [3.8, 4) is 0 Å². The summed E-state index contributed by atoms with van der Waals surface area (Å²) in [6.45, 7) is 1.82. The first kappa shape index (κ1) is 14.0. The number of carbonyl (C=O) groups is 1. The second-order valence-corrected chi connectivity index (χ2v) is 6.18. The molecule has 19 heavy (non-hydrogen) atoms. The third kappa shape index (κ3) is 3.10. The van der Waals surface area contributed by atoms with Gasteiger partial charge in [0, 0.05) is 12.6 Å². The van der Waals surface area contributed by atoms with Crippen molar-refractivity contribution in [2.45, 2.75) is 38.2 Å². The van der Waals surface area contributed by atoms with Gasteiger partial charge in [0.2, 0.25) is 0 Å². The van der Waals surface area contributed by atoms with Crippen molar-refractivity contribution in [3.05, 3.63) is 25.9 Å². The number of carbonyl (C=O) groups excluding carboxylic acids is 1. The van der Waals surface area contributed by atoms with Gasteiger partial charge in [0.05, 0.1) is 20.3 Å². The van der Waals surface area contributed by atoms with Crippen molar-refractivity contribution in [1.29, 1.82) is 0 Å². The number of hydrogen-bond donors (Lipinski definition) is 2. The van der Waals surface area contributed by atoms with E-state index in [1.165, 1.54) is 6.07 Å². The molecule has 1 heterocycles. The number of amides is 1. The van der Waals surface area contributed by atoms with Crippen LogP contribution in [0.25, 0.3) is 0 Å². The second-order valence-electron chi connectivity index (χ2n) is 4.92. The summed E-state index contributed by atoms with van der Waals surface area (Å²) in [5, 5.41) is 23.5. The Morgan fingerprint density at radius 2 is 2.21 bits per heavy atom. The smallest absolute Gasteiger partial charge is 0.283 e. The molecule has 7 heteroatoms. The Bertz CT molecular complexity index is 506. The van der Waals surface area contributed by atoms with Crippen LogP contribution in [-0.4, -0.2) is 28.1 Å². The average Bonchev–Trinajstić information content (AvgIpc) is 2.93. The zero-order chi connectivity index (χ0) is 14.0. The highest BCUT2D eigenvalue weighted by atomic mass is 32.1. The van der Waals surface area contributed by atoms with Crippen molar-refractivity contribution in [2.75, 3.05) is 6.54 Å². The molecule has 1 aromatic rings. The minimum Gasteiger partial charge on any atom is -0.388 e. The van der Waals surface area contributed by atoms with E-state index in [4.69, 9.17) is 0 Å². The molecular weight excluding hydrogens is 268 g/mol. The molecule has 1 aliphatic carbocycles. The Morgan fingerprint density at radius 3 is 2.74 bits per heavy atom. The number of nitro groups is 1. The third-order valence-corrected chi connectivity index (χ3v) is 4.46. The summed E-state index contributed by atoms with van der Waals surface area (Å²) in [4.78, 5) is 22.9. The molecule has 0 spiro atoms. The first-order chi connectivity index (χ1) is 8.91. The maximum atomic E-state index is 11.9. The number of nitrogens with zero attached hydrogens (tertiary/aromatic N) is 1. The summed E-state index contributed by atoms with van der Waals surface area (Å²) < 4.78 is 0. The van der Waals surface area contributed by atoms with Gasteiger partial charge in [-0.05, 0) is 19.8 Å². The largest absolute Gasteiger partial charge is 0.388 e. The normalized spacial score (nSPS) is 17.4. The van der Waals surface area contributed by atoms with Crippen LogP contribution in [0.4, 0.5) is 5.69 Å². The summed E-state index contributed by atoms with van der Waals surface area (Å²) in [6.07, 6.45) is 3.32. The standard InChI is InChI=1S/C12H16N2O4S/c1-8-9(14(17)18)6-10(19-8)11(15)13-7-12(16)4-2-3-5-12/h6,16H,2-5,7H2,1H3,(H,13,15). The number of rotatable bonds is 4. The fourth-order valence-electron chi connectivity index (χ4n) is 2.31. The molecule has 0 unspecified atom stereocenters. The van der Waals surface area contributed by atoms with E-state index in [0.29, 0.717) is 22.6 Å². The predicted molar refractivity (Wildman–Crippen MR) is 71.5 cm³/mol. The van der Waals surface area contributed by atoms with Crippen molar-refractivity contribution < 1.29 is 14.8 Å². The van der Waals surface area contributed by atoms with E-state index < -0.39 is 10.5 Å². The van der Waals surface area contributed by atoms with Crippen LogP contribution in [0.3, 0.4) is 0 Å². The van der Waals surface area contributed by atoms with Crippen molar-refractivity contribution in [2.24, 2.45) is 0 Å². The zero-order valence-electron chi connectivity index (χ0n) is 10.6. The highest BCUT2D eigenvalue weighted by Gasteiger charge is 2.31. The molecule has 6 nitrogen and oxygen atoms in total. The lowest BCUT2D eigenvalue weighted by Gasteiger charge is -2.21. The van der Waals surface area contributed by atoms with Crippen LogP contribution in [0.15, 0.2) is 6.07 Å². The minimum absolute atomic E-state index is 0.0327. The highest BCUT2D eigenvalue weighted by Crippen LogP contribution is 2.30. The van der Waals surface area contributed by atoms with Gasteiger partial charge < -0.3 is 10.4 Å². The predicted octanol–water partition coefficient (Wildman–Crippen LogP) is 2.00. The van der Waals surface area contributed by atoms with Gasteiger partial charge in [-0.25, -0.2) is 0 Å². The fourth-order valence-corrected chi connectivity index (χ4v) is 3.21. The summed E-state index contributed by atoms with van der Waals surface area (Å²) in [5.41, 5.74) is -0.844. The molecule has 0 bridgehead atoms. The Labute approximate surface area is 114 Å². The van der Waals surface area contributed by atoms with Gasteiger partial charge in [-0.15, -0.1) is 11.3 Å². The monoisotopic (exact) mass is 284 g/mol. The van der Waals surface area contributed by atoms with E-state index in [1.54, 1.807) is 6.92 Å². The van der Waals surface area contributed by atoms with Crippen LogP contribution in [0.1, 0.15) is 40.2 Å². The molecule has 2 N–H and O–H groups in total. The Balaban J connectivity index is 2.00. The topological polar surface area (TPSA) is 92.5 Å². The molecule has 2 rings (SSSR count). The fraction of sp³-hybridized carbons (Fsp3) is 0.583. The minimum atomic E-state index is -0.812. The van der Waals surface area contributed by atoms with E-state index in [2.05, 4.69) is 5.32 Å². The second kappa shape index (κ2) is 5.26. The molecule has 0 atom stereocenters. The first-order valence-corrected chi connectivity index (χ1v) is 6.98. The van der Waals surface area contributed by atoms with Crippen LogP contribution in [0, 0.1) is 17.0 Å². The number of nitrogens with one attached hydrogen (secondary N) is 1. The molecule has 0 radical (unpaired) electrons. The molecule has 1 aromatic heterocycles. The van der Waals surface area contributed by atoms with Gasteiger partial charge >= 0.3 is 0 Å². The summed E-state index contributed by atoms with van der Waals surface area (Å²) in [5.74, 6) is -0.360. The van der Waals surface area contributed by atoms with Crippen molar-refractivity contribution in [3.63, 3.8) is 0 Å². The Hall–Kier alpha value is -1.47. The highest BCUT2D eigenvalue weighted by molar-refractivity contribution is 7.14. The Kier molecular flexibility index (Phi) is 3.86. The van der Waals surface area contributed by atoms with Gasteiger partial charge in [-0.2, -0.15) is 0 Å². The summed E-state index contributed by atoms with van der Waals surface area (Å²) in [7, 11) is 0. The molecule has 104 valence electrons. The van der Waals surface area contributed by atoms with Gasteiger partial charge in [-0.3, -0.25) is 14.9 Å². The zero-order valence-corrected chi connectivity index (χ0v) is 11.5. The Morgan fingerprint density at radius 1 is 1.58 bits per heavy atom.